The summed E-state index contributed by atoms with van der Waals surface area (Å²) in [5, 5.41) is 9.09. The average molecular weight is 279 g/mol. The van der Waals surface area contributed by atoms with Gasteiger partial charge in [-0.25, -0.2) is 0 Å². The van der Waals surface area contributed by atoms with Gasteiger partial charge in [-0.05, 0) is 31.2 Å². The summed E-state index contributed by atoms with van der Waals surface area (Å²) in [6, 6.07) is 7.20. The molecule has 1 unspecified atom stereocenters. The molecule has 0 aromatic heterocycles. The summed E-state index contributed by atoms with van der Waals surface area (Å²) in [4.78, 5) is 14.2. The zero-order valence-corrected chi connectivity index (χ0v) is 11.7. The lowest BCUT2D eigenvalue weighted by atomic mass is 10.1. The zero-order valence-electron chi connectivity index (χ0n) is 11.7. The average Bonchev–Trinajstić information content (AvgIpc) is 2.48. The Morgan fingerprint density at radius 3 is 2.85 bits per heavy atom. The van der Waals surface area contributed by atoms with Gasteiger partial charge >= 0.3 is 0 Å². The van der Waals surface area contributed by atoms with E-state index in [4.69, 9.17) is 14.6 Å². The number of hydrogen-bond acceptors (Lipinski definition) is 5. The second-order valence-electron chi connectivity index (χ2n) is 4.79. The lowest BCUT2D eigenvalue weighted by Crippen LogP contribution is -2.45. The van der Waals surface area contributed by atoms with Crippen LogP contribution in [0.5, 0.6) is 5.75 Å². The monoisotopic (exact) mass is 279 g/mol. The Kier molecular flexibility index (Phi) is 5.52. The molecular formula is C15H21NO4. The number of Topliss-reactive ketones (excluding diaryl/α,β-unsaturated/α-hetero) is 1. The van der Waals surface area contributed by atoms with Crippen LogP contribution in [0.15, 0.2) is 24.3 Å². The highest BCUT2D eigenvalue weighted by molar-refractivity contribution is 5.97. The molecule has 0 radical (unpaired) electrons. The molecule has 5 nitrogen and oxygen atoms in total. The highest BCUT2D eigenvalue weighted by atomic mass is 16.5. The van der Waals surface area contributed by atoms with Crippen LogP contribution in [0.2, 0.25) is 0 Å². The first-order chi connectivity index (χ1) is 9.72. The molecular weight excluding hydrogens is 258 g/mol. The Balaban J connectivity index is 1.90. The summed E-state index contributed by atoms with van der Waals surface area (Å²) < 4.78 is 10.7. The molecule has 0 bridgehead atoms. The molecule has 1 aliphatic rings. The van der Waals surface area contributed by atoms with Crippen molar-refractivity contribution in [1.29, 1.82) is 0 Å². The topological polar surface area (TPSA) is 59.0 Å². The Labute approximate surface area is 119 Å². The molecule has 1 atom stereocenters. The van der Waals surface area contributed by atoms with E-state index >= 15 is 0 Å². The van der Waals surface area contributed by atoms with Gasteiger partial charge in [0.15, 0.2) is 5.78 Å². The minimum Gasteiger partial charge on any atom is -0.494 e. The van der Waals surface area contributed by atoms with E-state index in [2.05, 4.69) is 0 Å². The largest absolute Gasteiger partial charge is 0.494 e. The molecule has 1 fully saturated rings. The van der Waals surface area contributed by atoms with Crippen LogP contribution in [0, 0.1) is 0 Å². The van der Waals surface area contributed by atoms with E-state index < -0.39 is 0 Å². The van der Waals surface area contributed by atoms with E-state index in [9.17, 15) is 4.79 Å². The van der Waals surface area contributed by atoms with Gasteiger partial charge in [-0.15, -0.1) is 0 Å². The van der Waals surface area contributed by atoms with Gasteiger partial charge in [0.05, 0.1) is 32.5 Å². The molecule has 2 rings (SSSR count). The van der Waals surface area contributed by atoms with Crippen molar-refractivity contribution in [1.82, 2.24) is 4.90 Å². The van der Waals surface area contributed by atoms with Crippen LogP contribution in [0.4, 0.5) is 0 Å². The second-order valence-corrected chi connectivity index (χ2v) is 4.79. The summed E-state index contributed by atoms with van der Waals surface area (Å²) in [6.45, 7) is 4.76. The molecule has 110 valence electrons. The number of ketones is 1. The van der Waals surface area contributed by atoms with Gasteiger partial charge in [0.25, 0.3) is 0 Å². The van der Waals surface area contributed by atoms with Gasteiger partial charge < -0.3 is 14.6 Å². The van der Waals surface area contributed by atoms with Crippen LogP contribution in [0.1, 0.15) is 17.3 Å². The van der Waals surface area contributed by atoms with Gasteiger partial charge in [0, 0.05) is 18.7 Å². The minimum atomic E-state index is -0.183. The number of rotatable bonds is 6. The Morgan fingerprint density at radius 1 is 1.45 bits per heavy atom. The highest BCUT2D eigenvalue weighted by Crippen LogP contribution is 2.13. The Morgan fingerprint density at radius 2 is 2.20 bits per heavy atom. The van der Waals surface area contributed by atoms with Gasteiger partial charge in [0.2, 0.25) is 0 Å². The third-order valence-corrected chi connectivity index (χ3v) is 3.28. The van der Waals surface area contributed by atoms with Gasteiger partial charge in [-0.3, -0.25) is 9.69 Å². The van der Waals surface area contributed by atoms with Gasteiger partial charge in [0.1, 0.15) is 5.75 Å². The van der Waals surface area contributed by atoms with Crippen molar-refractivity contribution in [2.45, 2.75) is 13.0 Å². The molecule has 1 N–H and O–H groups in total. The lowest BCUT2D eigenvalue weighted by Gasteiger charge is -2.31. The number of ether oxygens (including phenoxy) is 2. The third kappa shape index (κ3) is 4.03. The number of hydrogen-bond donors (Lipinski definition) is 1. The van der Waals surface area contributed by atoms with E-state index in [1.807, 2.05) is 24.0 Å². The van der Waals surface area contributed by atoms with Crippen LogP contribution in [0.3, 0.4) is 0 Å². The van der Waals surface area contributed by atoms with E-state index in [1.165, 1.54) is 0 Å². The minimum absolute atomic E-state index is 0.00621. The lowest BCUT2D eigenvalue weighted by molar-refractivity contribution is -0.0503. The molecule has 0 amide bonds. The summed E-state index contributed by atoms with van der Waals surface area (Å²) >= 11 is 0. The quantitative estimate of drug-likeness (QED) is 0.786. The molecule has 1 aliphatic heterocycles. The van der Waals surface area contributed by atoms with Gasteiger partial charge in [-0.1, -0.05) is 0 Å². The highest BCUT2D eigenvalue weighted by Gasteiger charge is 2.21. The van der Waals surface area contributed by atoms with Crippen molar-refractivity contribution >= 4 is 5.78 Å². The third-order valence-electron chi connectivity index (χ3n) is 3.28. The Hall–Kier alpha value is -1.43. The normalized spacial score (nSPS) is 19.8. The van der Waals surface area contributed by atoms with Crippen LogP contribution in [-0.4, -0.2) is 61.3 Å². The summed E-state index contributed by atoms with van der Waals surface area (Å²) in [6.07, 6.45) is -0.183. The smallest absolute Gasteiger partial charge is 0.176 e. The fourth-order valence-corrected chi connectivity index (χ4v) is 2.23. The first kappa shape index (κ1) is 15.0. The molecule has 1 aromatic rings. The number of morpholine rings is 1. The fraction of sp³-hybridized carbons (Fsp3) is 0.533. The van der Waals surface area contributed by atoms with E-state index in [-0.39, 0.29) is 18.5 Å². The SMILES string of the molecule is CCOc1ccc(C(=O)CN2CCOC(CO)C2)cc1. The molecule has 5 heteroatoms. The predicted molar refractivity (Wildman–Crippen MR) is 75.2 cm³/mol. The second kappa shape index (κ2) is 7.38. The van der Waals surface area contributed by atoms with Gasteiger partial charge in [-0.2, -0.15) is 0 Å². The van der Waals surface area contributed by atoms with Crippen molar-refractivity contribution in [3.63, 3.8) is 0 Å². The summed E-state index contributed by atoms with van der Waals surface area (Å²) in [5.74, 6) is 0.849. The number of aliphatic hydroxyl groups excluding tert-OH is 1. The first-order valence-corrected chi connectivity index (χ1v) is 6.93. The van der Waals surface area contributed by atoms with E-state index in [0.717, 1.165) is 12.3 Å². The molecule has 0 aliphatic carbocycles. The summed E-state index contributed by atoms with van der Waals surface area (Å²) in [7, 11) is 0. The first-order valence-electron chi connectivity index (χ1n) is 6.93. The number of carbonyl (C=O) groups is 1. The number of nitrogens with zero attached hydrogens (tertiary/aromatic N) is 1. The predicted octanol–water partition coefficient (Wildman–Crippen LogP) is 0.961. The fourth-order valence-electron chi connectivity index (χ4n) is 2.23. The van der Waals surface area contributed by atoms with Crippen molar-refractivity contribution in [3.8, 4) is 5.75 Å². The molecule has 0 spiro atoms. The number of benzene rings is 1. The number of carbonyl (C=O) groups excluding carboxylic acids is 1. The van der Waals surface area contributed by atoms with Crippen LogP contribution in [-0.2, 0) is 4.74 Å². The molecule has 1 heterocycles. The maximum atomic E-state index is 12.2. The van der Waals surface area contributed by atoms with Crippen LogP contribution < -0.4 is 4.74 Å². The summed E-state index contributed by atoms with van der Waals surface area (Å²) in [5.41, 5.74) is 0.681. The van der Waals surface area contributed by atoms with E-state index in [0.29, 0.717) is 31.9 Å². The maximum Gasteiger partial charge on any atom is 0.176 e. The van der Waals surface area contributed by atoms with Crippen molar-refractivity contribution in [2.24, 2.45) is 0 Å². The van der Waals surface area contributed by atoms with Crippen LogP contribution >= 0.6 is 0 Å². The van der Waals surface area contributed by atoms with E-state index in [1.54, 1.807) is 12.1 Å². The number of aliphatic hydroxyl groups is 1. The molecule has 1 saturated heterocycles. The maximum absolute atomic E-state index is 12.2. The molecule has 0 saturated carbocycles. The zero-order chi connectivity index (χ0) is 14.4. The standard InChI is InChI=1S/C15H21NO4/c1-2-19-13-5-3-12(4-6-13)15(18)10-16-7-8-20-14(9-16)11-17/h3-6,14,17H,2,7-11H2,1H3. The van der Waals surface area contributed by atoms with Crippen molar-refractivity contribution in [3.05, 3.63) is 29.8 Å². The Bertz CT molecular complexity index is 432. The van der Waals surface area contributed by atoms with Crippen molar-refractivity contribution in [2.75, 3.05) is 39.5 Å². The van der Waals surface area contributed by atoms with Crippen molar-refractivity contribution < 1.29 is 19.4 Å². The molecule has 1 aromatic carbocycles. The molecule has 20 heavy (non-hydrogen) atoms. The van der Waals surface area contributed by atoms with Crippen LogP contribution in [0.25, 0.3) is 0 Å².